The van der Waals surface area contributed by atoms with Crippen molar-refractivity contribution in [1.29, 1.82) is 0 Å². The Balaban J connectivity index is 4.61. The van der Waals surface area contributed by atoms with Gasteiger partial charge in [0.2, 0.25) is 0 Å². The van der Waals surface area contributed by atoms with Crippen LogP contribution in [0.15, 0.2) is 0 Å². The number of hydrogen-bond acceptors (Lipinski definition) is 3. The fourth-order valence-corrected chi connectivity index (χ4v) is 1.93. The van der Waals surface area contributed by atoms with Crippen LogP contribution in [-0.4, -0.2) is 29.4 Å². The summed E-state index contributed by atoms with van der Waals surface area (Å²) in [4.78, 5) is 14.0. The first-order chi connectivity index (χ1) is 7.62. The molecule has 0 aromatic rings. The summed E-state index contributed by atoms with van der Waals surface area (Å²) in [6.07, 6.45) is 4.13. The molecule has 1 amide bonds. The summed E-state index contributed by atoms with van der Waals surface area (Å²) < 4.78 is 0. The first kappa shape index (κ1) is 15.4. The van der Waals surface area contributed by atoms with Crippen molar-refractivity contribution in [2.45, 2.75) is 65.5 Å². The highest BCUT2D eigenvalue weighted by Gasteiger charge is 2.26. The Morgan fingerprint density at radius 3 is 2.31 bits per heavy atom. The van der Waals surface area contributed by atoms with Gasteiger partial charge in [0.15, 0.2) is 0 Å². The number of hydrogen-bond donors (Lipinski definition) is 2. The molecular weight excluding hydrogens is 202 g/mol. The summed E-state index contributed by atoms with van der Waals surface area (Å²) in [5.74, 6) is 5.16. The van der Waals surface area contributed by atoms with Crippen LogP contribution in [0.25, 0.3) is 0 Å². The summed E-state index contributed by atoms with van der Waals surface area (Å²) in [6.45, 7) is 9.48. The highest BCUT2D eigenvalue weighted by Crippen LogP contribution is 2.13. The van der Waals surface area contributed by atoms with Gasteiger partial charge in [0.05, 0.1) is 6.04 Å². The maximum Gasteiger partial charge on any atom is 0.251 e. The van der Waals surface area contributed by atoms with Crippen molar-refractivity contribution in [2.24, 2.45) is 5.84 Å². The van der Waals surface area contributed by atoms with E-state index >= 15 is 0 Å². The minimum absolute atomic E-state index is 0.0705. The SMILES string of the molecule is CCCCN(C(C)CC)C(CC)C(=O)NN. The molecule has 0 bridgehead atoms. The van der Waals surface area contributed by atoms with E-state index in [1.54, 1.807) is 0 Å². The molecule has 0 aromatic heterocycles. The Hall–Kier alpha value is -0.610. The van der Waals surface area contributed by atoms with Crippen LogP contribution in [0.1, 0.15) is 53.4 Å². The van der Waals surface area contributed by atoms with Gasteiger partial charge in [-0.1, -0.05) is 27.2 Å². The maximum atomic E-state index is 11.7. The monoisotopic (exact) mass is 229 g/mol. The number of amides is 1. The minimum atomic E-state index is -0.0912. The molecular formula is C12H27N3O. The first-order valence-electron chi connectivity index (χ1n) is 6.38. The van der Waals surface area contributed by atoms with E-state index in [0.29, 0.717) is 6.04 Å². The molecule has 0 saturated heterocycles. The van der Waals surface area contributed by atoms with Crippen LogP contribution in [0.5, 0.6) is 0 Å². The predicted octanol–water partition coefficient (Wildman–Crippen LogP) is 1.66. The summed E-state index contributed by atoms with van der Waals surface area (Å²) in [5, 5.41) is 0. The topological polar surface area (TPSA) is 58.4 Å². The number of nitrogens with one attached hydrogen (secondary N) is 1. The molecule has 0 spiro atoms. The molecule has 0 rings (SSSR count). The van der Waals surface area contributed by atoms with Crippen LogP contribution in [0.2, 0.25) is 0 Å². The molecule has 0 aliphatic carbocycles. The van der Waals surface area contributed by atoms with Gasteiger partial charge in [0, 0.05) is 6.04 Å². The second kappa shape index (κ2) is 8.53. The van der Waals surface area contributed by atoms with Crippen LogP contribution < -0.4 is 11.3 Å². The van der Waals surface area contributed by atoms with Crippen LogP contribution >= 0.6 is 0 Å². The molecule has 0 fully saturated rings. The van der Waals surface area contributed by atoms with Crippen molar-refractivity contribution in [3.8, 4) is 0 Å². The van der Waals surface area contributed by atoms with Gasteiger partial charge in [-0.25, -0.2) is 5.84 Å². The zero-order valence-corrected chi connectivity index (χ0v) is 11.1. The Morgan fingerprint density at radius 2 is 1.94 bits per heavy atom. The van der Waals surface area contributed by atoms with E-state index in [4.69, 9.17) is 5.84 Å². The number of hydrazine groups is 1. The Kier molecular flexibility index (Phi) is 8.21. The van der Waals surface area contributed by atoms with Crippen LogP contribution in [0, 0.1) is 0 Å². The number of carbonyl (C=O) groups is 1. The molecule has 0 heterocycles. The van der Waals surface area contributed by atoms with E-state index in [-0.39, 0.29) is 11.9 Å². The zero-order valence-electron chi connectivity index (χ0n) is 11.1. The van der Waals surface area contributed by atoms with Crippen molar-refractivity contribution in [2.75, 3.05) is 6.54 Å². The summed E-state index contributed by atoms with van der Waals surface area (Å²) >= 11 is 0. The third kappa shape index (κ3) is 4.49. The molecule has 2 atom stereocenters. The second-order valence-corrected chi connectivity index (χ2v) is 4.28. The van der Waals surface area contributed by atoms with Gasteiger partial charge in [-0.2, -0.15) is 0 Å². The Morgan fingerprint density at radius 1 is 1.31 bits per heavy atom. The fraction of sp³-hybridized carbons (Fsp3) is 0.917. The maximum absolute atomic E-state index is 11.7. The number of unbranched alkanes of at least 4 members (excludes halogenated alkanes) is 1. The number of rotatable bonds is 8. The lowest BCUT2D eigenvalue weighted by atomic mass is 10.1. The lowest BCUT2D eigenvalue weighted by Gasteiger charge is -2.34. The average Bonchev–Trinajstić information content (AvgIpc) is 2.32. The molecule has 0 aliphatic rings. The molecule has 0 saturated carbocycles. The van der Waals surface area contributed by atoms with Crippen LogP contribution in [-0.2, 0) is 4.79 Å². The summed E-state index contributed by atoms with van der Waals surface area (Å²) in [5.41, 5.74) is 2.27. The molecule has 2 unspecified atom stereocenters. The molecule has 4 nitrogen and oxygen atoms in total. The summed E-state index contributed by atoms with van der Waals surface area (Å²) in [7, 11) is 0. The third-order valence-electron chi connectivity index (χ3n) is 3.16. The average molecular weight is 229 g/mol. The van der Waals surface area contributed by atoms with Crippen molar-refractivity contribution in [3.63, 3.8) is 0 Å². The smallest absolute Gasteiger partial charge is 0.251 e. The molecule has 4 heteroatoms. The van der Waals surface area contributed by atoms with E-state index < -0.39 is 0 Å². The predicted molar refractivity (Wildman–Crippen MR) is 67.8 cm³/mol. The lowest BCUT2D eigenvalue weighted by molar-refractivity contribution is -0.127. The second-order valence-electron chi connectivity index (χ2n) is 4.28. The molecule has 0 aliphatic heterocycles. The van der Waals surface area contributed by atoms with Gasteiger partial charge in [0.25, 0.3) is 5.91 Å². The van der Waals surface area contributed by atoms with Crippen LogP contribution in [0.3, 0.4) is 0 Å². The number of carbonyl (C=O) groups excluding carboxylic acids is 1. The molecule has 16 heavy (non-hydrogen) atoms. The molecule has 0 radical (unpaired) electrons. The van der Waals surface area contributed by atoms with Gasteiger partial charge in [0.1, 0.15) is 0 Å². The molecule has 0 aromatic carbocycles. The Bertz CT molecular complexity index is 197. The van der Waals surface area contributed by atoms with Gasteiger partial charge in [-0.15, -0.1) is 0 Å². The molecule has 3 N–H and O–H groups in total. The fourth-order valence-electron chi connectivity index (χ4n) is 1.93. The van der Waals surface area contributed by atoms with Crippen molar-refractivity contribution < 1.29 is 4.79 Å². The highest BCUT2D eigenvalue weighted by atomic mass is 16.2. The number of nitrogens with two attached hydrogens (primary N) is 1. The quantitative estimate of drug-likeness (QED) is 0.378. The largest absolute Gasteiger partial charge is 0.293 e. The summed E-state index contributed by atoms with van der Waals surface area (Å²) in [6, 6.07) is 0.334. The highest BCUT2D eigenvalue weighted by molar-refractivity contribution is 5.81. The zero-order chi connectivity index (χ0) is 12.6. The van der Waals surface area contributed by atoms with Gasteiger partial charge >= 0.3 is 0 Å². The standard InChI is InChI=1S/C12H27N3O/c1-5-8-9-15(10(4)6-2)11(7-3)12(16)14-13/h10-11H,5-9,13H2,1-4H3,(H,14,16). The van der Waals surface area contributed by atoms with E-state index in [0.717, 1.165) is 32.2 Å². The van der Waals surface area contributed by atoms with E-state index in [2.05, 4.69) is 31.1 Å². The molecule has 96 valence electrons. The minimum Gasteiger partial charge on any atom is -0.293 e. The van der Waals surface area contributed by atoms with E-state index in [1.807, 2.05) is 6.92 Å². The van der Waals surface area contributed by atoms with Crippen molar-refractivity contribution in [1.82, 2.24) is 10.3 Å². The van der Waals surface area contributed by atoms with Crippen LogP contribution in [0.4, 0.5) is 0 Å². The normalized spacial score (nSPS) is 14.9. The Labute approximate surface area is 99.5 Å². The van der Waals surface area contributed by atoms with Gasteiger partial charge in [-0.3, -0.25) is 15.1 Å². The third-order valence-corrected chi connectivity index (χ3v) is 3.16. The van der Waals surface area contributed by atoms with Crippen molar-refractivity contribution in [3.05, 3.63) is 0 Å². The number of nitrogens with zero attached hydrogens (tertiary/aromatic N) is 1. The van der Waals surface area contributed by atoms with Gasteiger partial charge < -0.3 is 0 Å². The van der Waals surface area contributed by atoms with Gasteiger partial charge in [-0.05, 0) is 32.7 Å². The van der Waals surface area contributed by atoms with E-state index in [1.165, 1.54) is 0 Å². The van der Waals surface area contributed by atoms with E-state index in [9.17, 15) is 4.79 Å². The first-order valence-corrected chi connectivity index (χ1v) is 6.38. The lowest BCUT2D eigenvalue weighted by Crippen LogP contribution is -2.52. The van der Waals surface area contributed by atoms with Crippen molar-refractivity contribution >= 4 is 5.91 Å².